The molecule has 1 N–H and O–H groups in total. The molecule has 42 heavy (non-hydrogen) atoms. The summed E-state index contributed by atoms with van der Waals surface area (Å²) in [5.74, 6) is 1.06. The lowest BCUT2D eigenvalue weighted by Gasteiger charge is -2.24. The van der Waals surface area contributed by atoms with Crippen molar-refractivity contribution < 1.29 is 14.3 Å². The van der Waals surface area contributed by atoms with E-state index in [2.05, 4.69) is 5.32 Å². The van der Waals surface area contributed by atoms with Crippen molar-refractivity contribution in [2.24, 2.45) is 0 Å². The topological polar surface area (TPSA) is 79.7 Å². The van der Waals surface area contributed by atoms with E-state index >= 15 is 0 Å². The number of anilines is 1. The Morgan fingerprint density at radius 2 is 1.81 bits per heavy atom. The molecule has 8 nitrogen and oxygen atoms in total. The number of nitrogens with zero attached hydrogens (tertiary/aromatic N) is 4. The number of halogens is 1. The third-order valence-electron chi connectivity index (χ3n) is 7.09. The van der Waals surface area contributed by atoms with Gasteiger partial charge in [-0.3, -0.25) is 14.5 Å². The van der Waals surface area contributed by atoms with Crippen LogP contribution in [0.5, 0.6) is 5.75 Å². The van der Waals surface area contributed by atoms with Crippen LogP contribution in [0.2, 0.25) is 5.02 Å². The van der Waals surface area contributed by atoms with Gasteiger partial charge in [-0.25, -0.2) is 4.68 Å². The Bertz CT molecular complexity index is 1570. The van der Waals surface area contributed by atoms with E-state index < -0.39 is 0 Å². The third kappa shape index (κ3) is 6.33. The van der Waals surface area contributed by atoms with E-state index in [1.54, 1.807) is 16.7 Å². The lowest BCUT2D eigenvalue weighted by Crippen LogP contribution is -2.43. The number of methoxy groups -OCH3 is 1. The number of aryl methyl sites for hydroxylation is 1. The predicted octanol–water partition coefficient (Wildman–Crippen LogP) is 5.36. The second-order valence-electron chi connectivity index (χ2n) is 10.4. The number of carbonyl (C=O) groups is 2. The molecule has 10 heteroatoms. The smallest absolute Gasteiger partial charge is 0.240 e. The fourth-order valence-electron chi connectivity index (χ4n) is 4.95. The Morgan fingerprint density at radius 1 is 1.10 bits per heavy atom. The third-order valence-corrected chi connectivity index (χ3v) is 8.58. The maximum absolute atomic E-state index is 13.9. The summed E-state index contributed by atoms with van der Waals surface area (Å²) in [6.07, 6.45) is 0. The summed E-state index contributed by atoms with van der Waals surface area (Å²) in [4.78, 5) is 30.7. The number of ether oxygens (including phenoxy) is 1. The number of para-hydroxylation sites is 1. The van der Waals surface area contributed by atoms with Gasteiger partial charge in [-0.05, 0) is 51.4 Å². The number of hydrogen-bond donors (Lipinski definition) is 1. The monoisotopic (exact) mass is 603 g/mol. The van der Waals surface area contributed by atoms with Crippen molar-refractivity contribution in [3.63, 3.8) is 0 Å². The minimum absolute atomic E-state index is 0.129. The SMILES string of the molecule is COc1ccccc1[C@@H]1SCC(=O)N(CC(=O)NCCN(C)C)c2c1c(-c1ccc(Cl)cc1)nn2-c1ccc(C)cc1. The van der Waals surface area contributed by atoms with Gasteiger partial charge in [0, 0.05) is 34.8 Å². The molecule has 4 aromatic rings. The normalized spacial score (nSPS) is 15.0. The maximum Gasteiger partial charge on any atom is 0.240 e. The minimum Gasteiger partial charge on any atom is -0.496 e. The average Bonchev–Trinajstić information content (AvgIpc) is 3.30. The Balaban J connectivity index is 1.75. The lowest BCUT2D eigenvalue weighted by atomic mass is 9.99. The van der Waals surface area contributed by atoms with Gasteiger partial charge in [0.05, 0.1) is 29.5 Å². The van der Waals surface area contributed by atoms with Crippen molar-refractivity contribution in [1.29, 1.82) is 0 Å². The number of likely N-dealkylation sites (N-methyl/N-ethyl adjacent to an activating group) is 1. The van der Waals surface area contributed by atoms with E-state index in [4.69, 9.17) is 21.4 Å². The summed E-state index contributed by atoms with van der Waals surface area (Å²) < 4.78 is 7.57. The van der Waals surface area contributed by atoms with E-state index in [9.17, 15) is 9.59 Å². The molecule has 0 saturated heterocycles. The standard InChI is InChI=1S/C32H34ClN5O3S/c1-21-9-15-24(16-10-21)38-32-29(30(35-38)22-11-13-23(33)14-12-22)31(25-7-5-6-8-26(25)41-4)42-20-28(40)37(32)19-27(39)34-17-18-36(2)3/h5-16,31H,17-20H2,1-4H3,(H,34,39)/t31-/m0/s1. The highest BCUT2D eigenvalue weighted by molar-refractivity contribution is 8.00. The van der Waals surface area contributed by atoms with E-state index in [-0.39, 0.29) is 29.4 Å². The van der Waals surface area contributed by atoms with Crippen molar-refractivity contribution >= 4 is 41.0 Å². The van der Waals surface area contributed by atoms with Crippen LogP contribution in [0.1, 0.15) is 21.9 Å². The van der Waals surface area contributed by atoms with Crippen molar-refractivity contribution in [1.82, 2.24) is 20.0 Å². The Kier molecular flexibility index (Phi) is 9.21. The van der Waals surface area contributed by atoms with Gasteiger partial charge in [-0.2, -0.15) is 5.10 Å². The molecule has 0 bridgehead atoms. The van der Waals surface area contributed by atoms with Gasteiger partial charge in [0.15, 0.2) is 0 Å². The largest absolute Gasteiger partial charge is 0.496 e. The van der Waals surface area contributed by atoms with Crippen molar-refractivity contribution in [3.05, 3.63) is 94.5 Å². The van der Waals surface area contributed by atoms with Crippen LogP contribution in [0.4, 0.5) is 5.82 Å². The zero-order valence-corrected chi connectivity index (χ0v) is 25.7. The highest BCUT2D eigenvalue weighted by atomic mass is 35.5. The number of thioether (sulfide) groups is 1. The van der Waals surface area contributed by atoms with Gasteiger partial charge >= 0.3 is 0 Å². The lowest BCUT2D eigenvalue weighted by molar-refractivity contribution is -0.122. The number of benzene rings is 3. The number of aromatic nitrogens is 2. The summed E-state index contributed by atoms with van der Waals surface area (Å²) in [6, 6.07) is 23.3. The van der Waals surface area contributed by atoms with Crippen LogP contribution in [-0.4, -0.2) is 73.1 Å². The van der Waals surface area contributed by atoms with E-state index in [0.29, 0.717) is 35.4 Å². The molecule has 0 aliphatic carbocycles. The number of hydrogen-bond acceptors (Lipinski definition) is 6. The molecule has 0 fully saturated rings. The van der Waals surface area contributed by atoms with Crippen molar-refractivity contribution in [3.8, 4) is 22.7 Å². The first-order valence-corrected chi connectivity index (χ1v) is 15.1. The second-order valence-corrected chi connectivity index (χ2v) is 11.9. The molecule has 0 radical (unpaired) electrons. The molecule has 2 heterocycles. The minimum atomic E-state index is -0.299. The summed E-state index contributed by atoms with van der Waals surface area (Å²) >= 11 is 7.77. The second kappa shape index (κ2) is 13.0. The molecule has 1 aromatic heterocycles. The van der Waals surface area contributed by atoms with Gasteiger partial charge in [-0.15, -0.1) is 11.8 Å². The molecule has 2 amide bonds. The number of amides is 2. The van der Waals surface area contributed by atoms with E-state index in [1.165, 1.54) is 11.8 Å². The fraction of sp³-hybridized carbons (Fsp3) is 0.281. The van der Waals surface area contributed by atoms with Crippen LogP contribution in [0.25, 0.3) is 16.9 Å². The van der Waals surface area contributed by atoms with Crippen LogP contribution >= 0.6 is 23.4 Å². The average molecular weight is 604 g/mol. The highest BCUT2D eigenvalue weighted by Gasteiger charge is 2.38. The number of rotatable bonds is 9. The van der Waals surface area contributed by atoms with Crippen LogP contribution in [0.15, 0.2) is 72.8 Å². The quantitative estimate of drug-likeness (QED) is 0.278. The molecule has 5 rings (SSSR count). The highest BCUT2D eigenvalue weighted by Crippen LogP contribution is 2.50. The van der Waals surface area contributed by atoms with Gasteiger partial charge in [0.1, 0.15) is 18.1 Å². The number of nitrogens with one attached hydrogen (secondary N) is 1. The van der Waals surface area contributed by atoms with Crippen molar-refractivity contribution in [2.45, 2.75) is 12.2 Å². The van der Waals surface area contributed by atoms with E-state index in [1.807, 2.05) is 98.7 Å². The molecule has 0 saturated carbocycles. The zero-order valence-electron chi connectivity index (χ0n) is 24.1. The summed E-state index contributed by atoms with van der Waals surface area (Å²) in [7, 11) is 5.54. The first-order valence-electron chi connectivity index (χ1n) is 13.7. The summed E-state index contributed by atoms with van der Waals surface area (Å²) in [5.41, 5.74) is 5.21. The van der Waals surface area contributed by atoms with Gasteiger partial charge in [0.2, 0.25) is 11.8 Å². The summed E-state index contributed by atoms with van der Waals surface area (Å²) in [5, 5.41) is 8.41. The number of fused-ring (bicyclic) bond motifs is 1. The van der Waals surface area contributed by atoms with E-state index in [0.717, 1.165) is 27.9 Å². The molecular weight excluding hydrogens is 570 g/mol. The van der Waals surface area contributed by atoms with Gasteiger partial charge < -0.3 is 15.0 Å². The maximum atomic E-state index is 13.9. The molecule has 1 atom stereocenters. The van der Waals surface area contributed by atoms with Gasteiger partial charge in [0.25, 0.3) is 0 Å². The first-order chi connectivity index (χ1) is 20.3. The van der Waals surface area contributed by atoms with Crippen LogP contribution in [-0.2, 0) is 9.59 Å². The Labute approximate surface area is 255 Å². The molecule has 0 unspecified atom stereocenters. The Hall–Kier alpha value is -3.79. The predicted molar refractivity (Wildman–Crippen MR) is 170 cm³/mol. The van der Waals surface area contributed by atoms with Crippen LogP contribution in [0, 0.1) is 6.92 Å². The molecule has 3 aromatic carbocycles. The van der Waals surface area contributed by atoms with Crippen LogP contribution in [0.3, 0.4) is 0 Å². The van der Waals surface area contributed by atoms with Crippen LogP contribution < -0.4 is 15.0 Å². The Morgan fingerprint density at radius 3 is 2.50 bits per heavy atom. The van der Waals surface area contributed by atoms with Crippen molar-refractivity contribution in [2.75, 3.05) is 51.5 Å². The van der Waals surface area contributed by atoms with Gasteiger partial charge in [-0.1, -0.05) is 59.6 Å². The molecule has 0 spiro atoms. The molecule has 1 aliphatic rings. The fourth-order valence-corrected chi connectivity index (χ4v) is 6.30. The molecule has 1 aliphatic heterocycles. The zero-order chi connectivity index (χ0) is 29.8. The first kappa shape index (κ1) is 29.7. The molecule has 218 valence electrons. The number of carbonyl (C=O) groups excluding carboxylic acids is 2. The summed E-state index contributed by atoms with van der Waals surface area (Å²) in [6.45, 7) is 3.07. The molecular formula is C32H34ClN5O3S.